The van der Waals surface area contributed by atoms with Crippen molar-refractivity contribution in [3.63, 3.8) is 0 Å². The number of benzene rings is 2. The molecule has 10 nitrogen and oxygen atoms in total. The van der Waals surface area contributed by atoms with Crippen LogP contribution in [0.15, 0.2) is 42.5 Å². The monoisotopic (exact) mass is 770 g/mol. The number of aliphatic hydroxyl groups is 1. The Bertz CT molecular complexity index is 2330. The highest BCUT2D eigenvalue weighted by atomic mass is 35.5. The van der Waals surface area contributed by atoms with Crippen LogP contribution in [-0.2, 0) is 36.3 Å². The van der Waals surface area contributed by atoms with Crippen LogP contribution in [0.1, 0.15) is 79.0 Å². The van der Waals surface area contributed by atoms with Gasteiger partial charge in [-0.05, 0) is 68.9 Å². The van der Waals surface area contributed by atoms with Gasteiger partial charge in [0.15, 0.2) is 5.82 Å². The number of alkyl halides is 4. The van der Waals surface area contributed by atoms with Crippen LogP contribution in [-0.4, -0.2) is 42.1 Å². The molecule has 282 valence electrons. The molecule has 2 aliphatic carbocycles. The Morgan fingerprint density at radius 2 is 1.80 bits per heavy atom. The second-order valence-corrected chi connectivity index (χ2v) is 14.5. The van der Waals surface area contributed by atoms with E-state index in [0.717, 1.165) is 12.1 Å². The maximum atomic E-state index is 15.6. The number of anilines is 1. The van der Waals surface area contributed by atoms with E-state index in [1.807, 2.05) is 6.07 Å². The molecule has 0 bridgehead atoms. The molecule has 2 aromatic carbocycles. The summed E-state index contributed by atoms with van der Waals surface area (Å²) in [5.74, 6) is -7.86. The molecule has 1 saturated carbocycles. The molecule has 0 spiro atoms. The predicted octanol–water partition coefficient (Wildman–Crippen LogP) is 7.56. The molecule has 5 aromatic rings. The van der Waals surface area contributed by atoms with Crippen LogP contribution in [0.5, 0.6) is 0 Å². The molecule has 3 heterocycles. The largest absolute Gasteiger partial charge is 0.384 e. The van der Waals surface area contributed by atoms with Gasteiger partial charge in [-0.3, -0.25) is 19.1 Å². The van der Waals surface area contributed by atoms with E-state index in [9.17, 15) is 32.7 Å². The van der Waals surface area contributed by atoms with Crippen molar-refractivity contribution in [1.82, 2.24) is 29.9 Å². The van der Waals surface area contributed by atoms with Crippen LogP contribution in [0.25, 0.3) is 22.0 Å². The van der Waals surface area contributed by atoms with Crippen LogP contribution in [0.2, 0.25) is 5.02 Å². The Hall–Kier alpha value is -5.14. The molecule has 3 aromatic heterocycles. The van der Waals surface area contributed by atoms with Gasteiger partial charge in [-0.2, -0.15) is 24.2 Å². The van der Waals surface area contributed by atoms with Gasteiger partial charge in [-0.1, -0.05) is 23.7 Å². The lowest BCUT2D eigenvalue weighted by Crippen LogP contribution is -2.36. The lowest BCUT2D eigenvalue weighted by Gasteiger charge is -2.34. The number of hydrogen-bond acceptors (Lipinski definition) is 7. The van der Waals surface area contributed by atoms with Gasteiger partial charge in [0.2, 0.25) is 5.91 Å². The summed E-state index contributed by atoms with van der Waals surface area (Å²) in [5, 5.41) is 34.9. The summed E-state index contributed by atoms with van der Waals surface area (Å²) in [7, 11) is 1.64. The summed E-state index contributed by atoms with van der Waals surface area (Å²) in [6, 6.07) is 9.97. The van der Waals surface area contributed by atoms with Gasteiger partial charge in [0.05, 0.1) is 39.4 Å². The summed E-state index contributed by atoms with van der Waals surface area (Å²) < 4.78 is 90.6. The van der Waals surface area contributed by atoms with Gasteiger partial charge >= 0.3 is 0 Å². The number of carbonyl (C=O) groups excluding carboxylic acids is 1. The van der Waals surface area contributed by atoms with Crippen molar-refractivity contribution in [3.05, 3.63) is 93.0 Å². The second kappa shape index (κ2) is 13.6. The first-order valence-electron chi connectivity index (χ1n) is 17.0. The Morgan fingerprint density at radius 1 is 1.09 bits per heavy atom. The van der Waals surface area contributed by atoms with Crippen molar-refractivity contribution < 1.29 is 36.2 Å². The molecule has 0 radical (unpaired) electrons. The first-order valence-corrected chi connectivity index (χ1v) is 17.4. The van der Waals surface area contributed by atoms with E-state index in [-0.39, 0.29) is 41.9 Å². The van der Waals surface area contributed by atoms with E-state index in [2.05, 4.69) is 20.8 Å². The molecular weight excluding hydrogens is 738 g/mol. The van der Waals surface area contributed by atoms with Crippen molar-refractivity contribution in [2.24, 2.45) is 13.0 Å². The number of halogens is 7. The molecule has 1 amide bonds. The number of amides is 1. The van der Waals surface area contributed by atoms with Gasteiger partial charge in [0, 0.05) is 35.7 Å². The smallest absolute Gasteiger partial charge is 0.293 e. The number of nitrogens with one attached hydrogen (secondary N) is 2. The van der Waals surface area contributed by atoms with Crippen molar-refractivity contribution >= 4 is 34.2 Å². The number of carbonyl (C=O) groups is 1. The summed E-state index contributed by atoms with van der Waals surface area (Å²) >= 11 is 6.63. The molecule has 0 aliphatic heterocycles. The average molecular weight is 771 g/mol. The van der Waals surface area contributed by atoms with E-state index in [1.165, 1.54) is 18.5 Å². The first-order chi connectivity index (χ1) is 25.5. The number of rotatable bonds is 11. The molecule has 54 heavy (non-hydrogen) atoms. The lowest BCUT2D eigenvalue weighted by atomic mass is 9.73. The highest BCUT2D eigenvalue weighted by Gasteiger charge is 2.62. The van der Waals surface area contributed by atoms with Crippen molar-refractivity contribution in [1.29, 1.82) is 5.26 Å². The maximum absolute atomic E-state index is 15.6. The van der Waals surface area contributed by atoms with Gasteiger partial charge in [0.1, 0.15) is 41.7 Å². The van der Waals surface area contributed by atoms with Crippen LogP contribution < -0.4 is 10.6 Å². The molecular formula is C37H33ClF6N8O2. The molecule has 17 heteroatoms. The predicted molar refractivity (Wildman–Crippen MR) is 186 cm³/mol. The molecule has 1 fully saturated rings. The summed E-state index contributed by atoms with van der Waals surface area (Å²) in [4.78, 5) is 18.7. The molecule has 3 atom stereocenters. The van der Waals surface area contributed by atoms with E-state index in [1.54, 1.807) is 31.3 Å². The summed E-state index contributed by atoms with van der Waals surface area (Å²) in [5.41, 5.74) is -1.58. The fraction of sp³-hybridized carbons (Fsp3) is 0.378. The minimum atomic E-state index is -3.49. The average Bonchev–Trinajstić information content (AvgIpc) is 3.64. The quantitative estimate of drug-likeness (QED) is 0.0933. The van der Waals surface area contributed by atoms with Gasteiger partial charge in [-0.25, -0.2) is 17.6 Å². The molecule has 0 saturated heterocycles. The number of nitrogens with zero attached hydrogens (tertiary/aromatic N) is 6. The van der Waals surface area contributed by atoms with Gasteiger partial charge < -0.3 is 15.7 Å². The number of fused-ring (bicyclic) bond motifs is 4. The Kier molecular flexibility index (Phi) is 9.38. The SMILES string of the molecule is Cn1nc(NCC#N)c2c(Cl)ccc(-c3ccc(C(C)(C)O)nc3[C@H](Cc3cc(F)cc(F)c3)NC(=O)Cn3nc(C(F)F)c4c3C(F)(F)[C@@H]3CC[C@H]43)c21. The Morgan fingerprint density at radius 3 is 2.43 bits per heavy atom. The van der Waals surface area contributed by atoms with Crippen LogP contribution >= 0.6 is 11.6 Å². The fourth-order valence-corrected chi connectivity index (χ4v) is 7.89. The third-order valence-electron chi connectivity index (χ3n) is 10.1. The topological polar surface area (TPSA) is 134 Å². The number of aromatic nitrogens is 5. The standard InChI is InChI=1S/C37H33ClF6N8O2/c1-36(2,54)26-9-6-20(21-5-8-24(38)29-32(21)51(3)50-35(29)46-11-10-45)30(48-26)25(14-17-12-18(39)15-19(40)13-17)47-27(53)16-52-33-28(31(49-52)34(41)42)22-4-7-23(22)37(33,43)44/h5-6,8-9,12-13,15,22-23,25,34,54H,4,7,11,14,16H2,1-3H3,(H,46,50)(H,47,53)/t22-,23+,25-/m0/s1. The van der Waals surface area contributed by atoms with Crippen LogP contribution in [0, 0.1) is 28.9 Å². The normalized spacial score (nSPS) is 17.9. The van der Waals surface area contributed by atoms with E-state index in [0.29, 0.717) is 50.0 Å². The highest BCUT2D eigenvalue weighted by molar-refractivity contribution is 6.37. The van der Waals surface area contributed by atoms with Crippen molar-refractivity contribution in [2.45, 2.75) is 69.6 Å². The van der Waals surface area contributed by atoms with Crippen LogP contribution in [0.3, 0.4) is 0 Å². The molecule has 0 unspecified atom stereocenters. The minimum absolute atomic E-state index is 0.0798. The summed E-state index contributed by atoms with van der Waals surface area (Å²) in [6.07, 6.45) is -2.99. The molecule has 3 N–H and O–H groups in total. The van der Waals surface area contributed by atoms with E-state index >= 15 is 8.78 Å². The second-order valence-electron chi connectivity index (χ2n) is 14.1. The van der Waals surface area contributed by atoms with E-state index in [4.69, 9.17) is 16.6 Å². The maximum Gasteiger partial charge on any atom is 0.293 e. The first kappa shape index (κ1) is 37.2. The number of pyridine rings is 1. The van der Waals surface area contributed by atoms with Gasteiger partial charge in [0.25, 0.3) is 12.3 Å². The number of aryl methyl sites for hydroxylation is 1. The van der Waals surface area contributed by atoms with Crippen molar-refractivity contribution in [3.8, 4) is 17.2 Å². The zero-order valence-electron chi connectivity index (χ0n) is 29.1. The Labute approximate surface area is 309 Å². The number of nitriles is 1. The minimum Gasteiger partial charge on any atom is -0.384 e. The molecule has 7 rings (SSSR count). The fourth-order valence-electron chi connectivity index (χ4n) is 7.65. The van der Waals surface area contributed by atoms with Crippen LogP contribution in [0.4, 0.5) is 32.2 Å². The zero-order valence-corrected chi connectivity index (χ0v) is 29.8. The Balaban J connectivity index is 1.37. The highest BCUT2D eigenvalue weighted by Crippen LogP contribution is 2.63. The van der Waals surface area contributed by atoms with Crippen molar-refractivity contribution in [2.75, 3.05) is 11.9 Å². The van der Waals surface area contributed by atoms with Gasteiger partial charge in [-0.15, -0.1) is 0 Å². The summed E-state index contributed by atoms with van der Waals surface area (Å²) in [6.45, 7) is 2.01. The zero-order chi connectivity index (χ0) is 38.9. The lowest BCUT2D eigenvalue weighted by molar-refractivity contribution is -0.123. The number of hydrogen-bond donors (Lipinski definition) is 3. The third kappa shape index (κ3) is 6.42. The van der Waals surface area contributed by atoms with E-state index < -0.39 is 71.3 Å². The third-order valence-corrected chi connectivity index (χ3v) is 10.4. The molecule has 2 aliphatic rings.